The van der Waals surface area contributed by atoms with Crippen molar-refractivity contribution in [3.63, 3.8) is 0 Å². The Kier molecular flexibility index (Phi) is 25.7. The zero-order chi connectivity index (χ0) is 56.1. The first-order valence-corrected chi connectivity index (χ1v) is 25.0. The molecule has 0 aliphatic carbocycles. The number of methoxy groups -OCH3 is 2. The largest absolute Gasteiger partial charge is 0.479 e. The summed E-state index contributed by atoms with van der Waals surface area (Å²) < 4.78 is 54.7. The Morgan fingerprint density at radius 2 is 1.43 bits per heavy atom. The first-order chi connectivity index (χ1) is 34.5. The molecule has 426 valence electrons. The number of carboxylic acid groups (broad SMARTS) is 2. The highest BCUT2D eigenvalue weighted by Crippen LogP contribution is 2.37. The molecule has 0 spiro atoms. The lowest BCUT2D eigenvalue weighted by Crippen LogP contribution is -2.65. The Morgan fingerprint density at radius 3 is 1.96 bits per heavy atom. The molecule has 3 fully saturated rings. The average molecular weight is 1070 g/mol. The van der Waals surface area contributed by atoms with E-state index in [9.17, 15) is 49.5 Å². The highest BCUT2D eigenvalue weighted by Gasteiger charge is 2.52. The van der Waals surface area contributed by atoms with Gasteiger partial charge in [0.1, 0.15) is 49.0 Å². The van der Waals surface area contributed by atoms with Crippen LogP contribution in [0.25, 0.3) is 0 Å². The van der Waals surface area contributed by atoms with Crippen LogP contribution in [0.5, 0.6) is 0 Å². The van der Waals surface area contributed by atoms with Crippen molar-refractivity contribution >= 4 is 30.0 Å². The smallest absolute Gasteiger partial charge is 0.335 e. The maximum atomic E-state index is 13.8. The van der Waals surface area contributed by atoms with Crippen molar-refractivity contribution in [2.24, 2.45) is 23.7 Å². The standard InChI is InChI=1S/C46H77NO17.C4H6O6/c1-13-33-30(22-58-45-42(57-12)41(56-11)37(52)26(5)60-45)18-23(2)14-15-31(49)24(3)19-29(16-17-48)39(25(4)32(50)20-34(51)62-33)64-44-38(53)36(47(9)10)40(27(6)61-44)63-35-21-46(8,55)43(54)28(7)59-35;5-1(3(7)8)2(6)4(9)10/h14-15,17-18,24-30,32-33,35-45,50,52-55H,13,16,19-22H2,1-12H3;1-2,5-6H,(H,7,8)(H,9,10)/b15-14+,23-18+;. The second-order valence-electron chi connectivity index (χ2n) is 20.3. The van der Waals surface area contributed by atoms with Crippen molar-refractivity contribution in [2.75, 3.05) is 34.9 Å². The van der Waals surface area contributed by atoms with E-state index < -0.39 is 164 Å². The molecule has 0 aromatic heterocycles. The highest BCUT2D eigenvalue weighted by atomic mass is 16.7. The number of carboxylic acids is 2. The molecule has 24 heteroatoms. The molecule has 3 saturated heterocycles. The van der Waals surface area contributed by atoms with Crippen LogP contribution in [-0.2, 0) is 66.6 Å². The fourth-order valence-electron chi connectivity index (χ4n) is 9.78. The summed E-state index contributed by atoms with van der Waals surface area (Å²) in [6.45, 7) is 13.6. The third-order valence-corrected chi connectivity index (χ3v) is 14.2. The van der Waals surface area contributed by atoms with Crippen molar-refractivity contribution in [3.8, 4) is 0 Å². The molecule has 0 aromatic carbocycles. The second kappa shape index (κ2) is 29.4. The molecule has 4 aliphatic rings. The summed E-state index contributed by atoms with van der Waals surface area (Å²) in [4.78, 5) is 61.1. The fraction of sp³-hybridized carbons (Fsp3) is 0.820. The predicted octanol–water partition coefficient (Wildman–Crippen LogP) is -0.289. The first-order valence-electron chi connectivity index (χ1n) is 25.0. The van der Waals surface area contributed by atoms with E-state index in [1.807, 2.05) is 19.9 Å². The number of hydrogen-bond donors (Lipinski definition) is 9. The molecule has 4 aliphatic heterocycles. The summed E-state index contributed by atoms with van der Waals surface area (Å²) in [7, 11) is 6.43. The van der Waals surface area contributed by atoms with Gasteiger partial charge in [0.25, 0.3) is 0 Å². The molecule has 23 unspecified atom stereocenters. The maximum absolute atomic E-state index is 13.8. The summed E-state index contributed by atoms with van der Waals surface area (Å²) in [5, 5.41) is 88.3. The van der Waals surface area contributed by atoms with Crippen LogP contribution in [0, 0.1) is 23.7 Å². The van der Waals surface area contributed by atoms with Gasteiger partial charge in [-0.3, -0.25) is 9.59 Å². The van der Waals surface area contributed by atoms with Crippen LogP contribution in [-0.4, -0.2) is 232 Å². The number of likely N-dealkylation sites (N-methyl/N-ethyl adjacent to an activating group) is 1. The van der Waals surface area contributed by atoms with Gasteiger partial charge in [0.15, 0.2) is 36.9 Å². The van der Waals surface area contributed by atoms with Crippen molar-refractivity contribution in [1.29, 1.82) is 0 Å². The molecule has 4 rings (SSSR count). The van der Waals surface area contributed by atoms with Gasteiger partial charge in [-0.1, -0.05) is 38.5 Å². The monoisotopic (exact) mass is 1070 g/mol. The summed E-state index contributed by atoms with van der Waals surface area (Å²) in [6, 6.07) is -0.748. The number of ether oxygens (including phenoxy) is 9. The molecule has 0 aromatic rings. The third kappa shape index (κ3) is 17.3. The minimum Gasteiger partial charge on any atom is -0.479 e. The van der Waals surface area contributed by atoms with E-state index in [-0.39, 0.29) is 31.7 Å². The van der Waals surface area contributed by atoms with Crippen LogP contribution >= 0.6 is 0 Å². The van der Waals surface area contributed by atoms with Crippen LogP contribution < -0.4 is 0 Å². The number of carbonyl (C=O) groups excluding carboxylic acids is 3. The van der Waals surface area contributed by atoms with E-state index in [2.05, 4.69) is 0 Å². The van der Waals surface area contributed by atoms with Gasteiger partial charge in [-0.25, -0.2) is 9.59 Å². The summed E-state index contributed by atoms with van der Waals surface area (Å²) in [5.41, 5.74) is -0.806. The quantitative estimate of drug-likeness (QED) is 0.0708. The van der Waals surface area contributed by atoms with Gasteiger partial charge < -0.3 is 98.3 Å². The lowest BCUT2D eigenvalue weighted by molar-refractivity contribution is -0.341. The predicted molar refractivity (Wildman–Crippen MR) is 258 cm³/mol. The van der Waals surface area contributed by atoms with E-state index in [1.165, 1.54) is 27.2 Å². The number of carbonyl (C=O) groups is 5. The third-order valence-electron chi connectivity index (χ3n) is 14.2. The van der Waals surface area contributed by atoms with Gasteiger partial charge in [-0.15, -0.1) is 0 Å². The van der Waals surface area contributed by atoms with Crippen molar-refractivity contribution < 1.29 is 113 Å². The fourth-order valence-corrected chi connectivity index (χ4v) is 9.78. The van der Waals surface area contributed by atoms with Gasteiger partial charge in [-0.05, 0) is 73.5 Å². The minimum absolute atomic E-state index is 0.00788. The number of rotatable bonds is 16. The van der Waals surface area contributed by atoms with Crippen LogP contribution in [0.2, 0.25) is 0 Å². The summed E-state index contributed by atoms with van der Waals surface area (Å²) in [6.07, 6.45) is -13.0. The normalized spacial score (nSPS) is 41.9. The first kappa shape index (κ1) is 64.9. The van der Waals surface area contributed by atoms with Gasteiger partial charge in [0.2, 0.25) is 0 Å². The number of ketones is 1. The Bertz CT molecular complexity index is 1850. The van der Waals surface area contributed by atoms with Crippen LogP contribution in [0.15, 0.2) is 23.8 Å². The lowest BCUT2D eigenvalue weighted by Gasteiger charge is -2.50. The Labute approximate surface area is 432 Å². The Morgan fingerprint density at radius 1 is 0.838 bits per heavy atom. The number of hydrogen-bond acceptors (Lipinski definition) is 22. The molecule has 74 heavy (non-hydrogen) atoms. The van der Waals surface area contributed by atoms with Crippen LogP contribution in [0.3, 0.4) is 0 Å². The van der Waals surface area contributed by atoms with E-state index >= 15 is 0 Å². The molecule has 0 radical (unpaired) electrons. The number of cyclic esters (lactones) is 1. The summed E-state index contributed by atoms with van der Waals surface area (Å²) in [5.74, 6) is -7.13. The van der Waals surface area contributed by atoms with E-state index in [1.54, 1.807) is 59.7 Å². The van der Waals surface area contributed by atoms with Crippen LogP contribution in [0.1, 0.15) is 87.5 Å². The van der Waals surface area contributed by atoms with Gasteiger partial charge in [-0.2, -0.15) is 0 Å². The number of aliphatic hydroxyl groups is 7. The SMILES string of the molecule is CCC1OC(=O)CC(O)C(C)C(OC2OC(C)C(OC3CC(C)(O)C(O)C(C)O3)C(N(C)C)C2O)C(CC=O)CC(C)C(=O)/C=C/C(C)=C/C1COC1OC(C)C(O)C(OC)C1OC.O=C(O)C(O)C(O)C(=O)O. The zero-order valence-electron chi connectivity index (χ0n) is 44.4. The molecule has 0 saturated carbocycles. The molecule has 24 nitrogen and oxygen atoms in total. The highest BCUT2D eigenvalue weighted by molar-refractivity contribution is 5.91. The molecule has 0 amide bonds. The summed E-state index contributed by atoms with van der Waals surface area (Å²) >= 11 is 0. The average Bonchev–Trinajstić information content (AvgIpc) is 3.33. The lowest BCUT2D eigenvalue weighted by atomic mass is 9.79. The topological polar surface area (TPSA) is 354 Å². The molecule has 0 bridgehead atoms. The molecular formula is C50H83NO23. The molecule has 9 N–H and O–H groups in total. The van der Waals surface area contributed by atoms with E-state index in [4.69, 9.17) is 63.1 Å². The molecule has 4 heterocycles. The number of aldehydes is 1. The Hall–Kier alpha value is -3.41. The minimum atomic E-state index is -2.27. The molecule has 23 atom stereocenters. The maximum Gasteiger partial charge on any atom is 0.335 e. The van der Waals surface area contributed by atoms with Crippen molar-refractivity contribution in [3.05, 3.63) is 23.8 Å². The second-order valence-corrected chi connectivity index (χ2v) is 20.3. The van der Waals surface area contributed by atoms with Gasteiger partial charge >= 0.3 is 17.9 Å². The van der Waals surface area contributed by atoms with E-state index in [0.29, 0.717) is 12.0 Å². The number of allylic oxidation sites excluding steroid dienone is 3. The number of nitrogens with zero attached hydrogens (tertiary/aromatic N) is 1. The zero-order valence-corrected chi connectivity index (χ0v) is 44.4. The van der Waals surface area contributed by atoms with Crippen molar-refractivity contribution in [1.82, 2.24) is 4.90 Å². The van der Waals surface area contributed by atoms with Gasteiger partial charge in [0.05, 0.1) is 55.2 Å². The van der Waals surface area contributed by atoms with Crippen molar-refractivity contribution in [2.45, 2.75) is 203 Å². The molecular weight excluding hydrogens is 983 g/mol. The van der Waals surface area contributed by atoms with E-state index in [0.717, 1.165) is 6.29 Å². The Balaban J connectivity index is 0.00000130. The van der Waals surface area contributed by atoms with Crippen LogP contribution in [0.4, 0.5) is 0 Å². The number of esters is 1. The number of aliphatic hydroxyl groups excluding tert-OH is 6. The number of aliphatic carboxylic acids is 2. The van der Waals surface area contributed by atoms with Gasteiger partial charge in [0, 0.05) is 44.8 Å².